The Hall–Kier alpha value is -2.92. The van der Waals surface area contributed by atoms with Gasteiger partial charge in [-0.25, -0.2) is 0 Å². The van der Waals surface area contributed by atoms with Crippen LogP contribution in [0.15, 0.2) is 57.7 Å². The van der Waals surface area contributed by atoms with Gasteiger partial charge in [0.25, 0.3) is 5.91 Å². The van der Waals surface area contributed by atoms with Gasteiger partial charge in [-0.3, -0.25) is 9.59 Å². The number of carbonyl (C=O) groups is 1. The van der Waals surface area contributed by atoms with E-state index in [0.29, 0.717) is 29.5 Å². The lowest BCUT2D eigenvalue weighted by Gasteiger charge is -2.26. The number of hydrogen-bond donors (Lipinski definition) is 1. The van der Waals surface area contributed by atoms with Crippen LogP contribution in [0.4, 0.5) is 0 Å². The third-order valence-corrected chi connectivity index (χ3v) is 5.52. The molecule has 1 aromatic heterocycles. The molecule has 5 heteroatoms. The van der Waals surface area contributed by atoms with Crippen molar-refractivity contribution in [2.24, 2.45) is 0 Å². The van der Waals surface area contributed by atoms with Crippen LogP contribution in [-0.2, 0) is 5.41 Å². The maximum Gasteiger partial charge on any atom is 0.290 e. The molecule has 2 aromatic carbocycles. The zero-order valence-corrected chi connectivity index (χ0v) is 16.9. The number of fused-ring (bicyclic) bond motifs is 2. The van der Waals surface area contributed by atoms with E-state index in [2.05, 4.69) is 20.8 Å². The van der Waals surface area contributed by atoms with Gasteiger partial charge in [0.05, 0.1) is 17.0 Å². The summed E-state index contributed by atoms with van der Waals surface area (Å²) in [4.78, 5) is 28.1. The van der Waals surface area contributed by atoms with E-state index in [9.17, 15) is 14.7 Å². The summed E-state index contributed by atoms with van der Waals surface area (Å²) in [5.74, 6) is -0.197. The summed E-state index contributed by atoms with van der Waals surface area (Å²) in [6.45, 7) is 6.75. The molecule has 0 bridgehead atoms. The molecule has 3 aromatic rings. The molecule has 1 aliphatic heterocycles. The standard InChI is InChI=1S/C24H25NO4/c1-24(2,3)16-11-9-15(10-12-16)20-19-21(27)17-7-4-5-8-18(17)29-22(19)23(28)25(20)13-6-14-26/h4-5,7-12,20,26H,6,13-14H2,1-3H3/t20-/m0/s1. The minimum Gasteiger partial charge on any atom is -0.450 e. The summed E-state index contributed by atoms with van der Waals surface area (Å²) in [7, 11) is 0. The first-order valence-electron chi connectivity index (χ1n) is 9.91. The number of rotatable bonds is 4. The van der Waals surface area contributed by atoms with E-state index in [4.69, 9.17) is 4.42 Å². The number of hydrogen-bond acceptors (Lipinski definition) is 4. The monoisotopic (exact) mass is 391 g/mol. The molecule has 1 aliphatic rings. The van der Waals surface area contributed by atoms with Crippen molar-refractivity contribution < 1.29 is 14.3 Å². The number of amides is 1. The first-order valence-corrected chi connectivity index (χ1v) is 9.91. The molecule has 4 rings (SSSR count). The van der Waals surface area contributed by atoms with E-state index in [1.54, 1.807) is 29.2 Å². The van der Waals surface area contributed by atoms with Crippen molar-refractivity contribution in [1.29, 1.82) is 0 Å². The van der Waals surface area contributed by atoms with Gasteiger partial charge in [-0.2, -0.15) is 0 Å². The first kappa shape index (κ1) is 19.4. The van der Waals surface area contributed by atoms with Crippen molar-refractivity contribution in [3.05, 3.63) is 81.2 Å². The van der Waals surface area contributed by atoms with Crippen molar-refractivity contribution in [3.63, 3.8) is 0 Å². The fourth-order valence-electron chi connectivity index (χ4n) is 3.95. The van der Waals surface area contributed by atoms with Gasteiger partial charge in [-0.1, -0.05) is 57.2 Å². The van der Waals surface area contributed by atoms with Gasteiger partial charge in [0.15, 0.2) is 5.43 Å². The summed E-state index contributed by atoms with van der Waals surface area (Å²) >= 11 is 0. The Bertz CT molecular complexity index is 1120. The predicted molar refractivity (Wildman–Crippen MR) is 112 cm³/mol. The van der Waals surface area contributed by atoms with E-state index in [-0.39, 0.29) is 29.1 Å². The van der Waals surface area contributed by atoms with Gasteiger partial charge in [0, 0.05) is 13.2 Å². The van der Waals surface area contributed by atoms with E-state index in [1.807, 2.05) is 24.3 Å². The Morgan fingerprint density at radius 3 is 2.38 bits per heavy atom. The molecular weight excluding hydrogens is 366 g/mol. The number of nitrogens with zero attached hydrogens (tertiary/aromatic N) is 1. The SMILES string of the molecule is CC(C)(C)c1ccc([C@H]2c3c(oc4ccccc4c3=O)C(=O)N2CCCO)cc1. The highest BCUT2D eigenvalue weighted by molar-refractivity contribution is 5.99. The van der Waals surface area contributed by atoms with Crippen LogP contribution in [0.1, 0.15) is 60.5 Å². The minimum atomic E-state index is -0.515. The van der Waals surface area contributed by atoms with Gasteiger partial charge in [-0.05, 0) is 35.1 Å². The average molecular weight is 391 g/mol. The largest absolute Gasteiger partial charge is 0.450 e. The summed E-state index contributed by atoms with van der Waals surface area (Å²) in [5.41, 5.74) is 2.68. The van der Waals surface area contributed by atoms with Crippen LogP contribution in [0.5, 0.6) is 0 Å². The highest BCUT2D eigenvalue weighted by atomic mass is 16.3. The van der Waals surface area contributed by atoms with Crippen molar-refractivity contribution in [2.45, 2.75) is 38.6 Å². The summed E-state index contributed by atoms with van der Waals surface area (Å²) in [5, 5.41) is 9.77. The van der Waals surface area contributed by atoms with Crippen molar-refractivity contribution in [3.8, 4) is 0 Å². The summed E-state index contributed by atoms with van der Waals surface area (Å²) in [6.07, 6.45) is 0.435. The molecule has 1 amide bonds. The minimum absolute atomic E-state index is 0.00768. The Morgan fingerprint density at radius 2 is 1.72 bits per heavy atom. The molecule has 0 saturated carbocycles. The quantitative estimate of drug-likeness (QED) is 0.729. The van der Waals surface area contributed by atoms with Crippen LogP contribution in [0, 0.1) is 0 Å². The molecule has 0 fully saturated rings. The zero-order chi connectivity index (χ0) is 20.8. The van der Waals surface area contributed by atoms with E-state index >= 15 is 0 Å². The molecule has 29 heavy (non-hydrogen) atoms. The third-order valence-electron chi connectivity index (χ3n) is 5.52. The maximum absolute atomic E-state index is 13.3. The molecule has 0 unspecified atom stereocenters. The number of para-hydroxylation sites is 1. The Labute approximate surface area is 169 Å². The molecule has 2 heterocycles. The number of benzene rings is 2. The summed E-state index contributed by atoms with van der Waals surface area (Å²) in [6, 6.07) is 14.5. The smallest absolute Gasteiger partial charge is 0.290 e. The Kier molecular flexibility index (Phi) is 4.79. The summed E-state index contributed by atoms with van der Waals surface area (Å²) < 4.78 is 5.88. The fraction of sp³-hybridized carbons (Fsp3) is 0.333. The Morgan fingerprint density at radius 1 is 1.03 bits per heavy atom. The Balaban J connectivity index is 1.90. The molecule has 0 radical (unpaired) electrons. The molecule has 5 nitrogen and oxygen atoms in total. The topological polar surface area (TPSA) is 70.8 Å². The van der Waals surface area contributed by atoms with Gasteiger partial charge in [0.1, 0.15) is 5.58 Å². The third kappa shape index (κ3) is 3.25. The van der Waals surface area contributed by atoms with E-state index < -0.39 is 6.04 Å². The van der Waals surface area contributed by atoms with Gasteiger partial charge in [0.2, 0.25) is 5.76 Å². The second kappa shape index (κ2) is 7.16. The molecule has 1 N–H and O–H groups in total. The molecule has 0 aliphatic carbocycles. The molecule has 1 atom stereocenters. The van der Waals surface area contributed by atoms with Crippen LogP contribution in [-0.4, -0.2) is 29.1 Å². The van der Waals surface area contributed by atoms with Gasteiger partial charge < -0.3 is 14.4 Å². The van der Waals surface area contributed by atoms with Gasteiger partial charge >= 0.3 is 0 Å². The lowest BCUT2D eigenvalue weighted by molar-refractivity contribution is 0.0716. The number of aliphatic hydroxyl groups is 1. The maximum atomic E-state index is 13.3. The highest BCUT2D eigenvalue weighted by Crippen LogP contribution is 2.38. The van der Waals surface area contributed by atoms with E-state index in [0.717, 1.165) is 5.56 Å². The lowest BCUT2D eigenvalue weighted by Crippen LogP contribution is -2.31. The predicted octanol–water partition coefficient (Wildman–Crippen LogP) is 4.02. The first-order chi connectivity index (χ1) is 13.8. The second-order valence-electron chi connectivity index (χ2n) is 8.52. The van der Waals surface area contributed by atoms with Crippen LogP contribution >= 0.6 is 0 Å². The van der Waals surface area contributed by atoms with Crippen molar-refractivity contribution in [1.82, 2.24) is 4.90 Å². The van der Waals surface area contributed by atoms with Crippen LogP contribution in [0.3, 0.4) is 0 Å². The van der Waals surface area contributed by atoms with Crippen LogP contribution in [0.2, 0.25) is 0 Å². The van der Waals surface area contributed by atoms with Crippen molar-refractivity contribution in [2.75, 3.05) is 13.2 Å². The average Bonchev–Trinajstić information content (AvgIpc) is 2.98. The number of aliphatic hydroxyl groups excluding tert-OH is 1. The van der Waals surface area contributed by atoms with Gasteiger partial charge in [-0.15, -0.1) is 0 Å². The van der Waals surface area contributed by atoms with Crippen molar-refractivity contribution >= 4 is 16.9 Å². The molecule has 150 valence electrons. The van der Waals surface area contributed by atoms with Crippen LogP contribution in [0.25, 0.3) is 11.0 Å². The van der Waals surface area contributed by atoms with Crippen LogP contribution < -0.4 is 5.43 Å². The normalized spacial score (nSPS) is 16.5. The molecule has 0 saturated heterocycles. The molecule has 0 spiro atoms. The number of carbonyl (C=O) groups excluding carboxylic acids is 1. The van der Waals surface area contributed by atoms with E-state index in [1.165, 1.54) is 5.56 Å². The lowest BCUT2D eigenvalue weighted by atomic mass is 9.86. The second-order valence-corrected chi connectivity index (χ2v) is 8.52. The molecular formula is C24H25NO4. The fourth-order valence-corrected chi connectivity index (χ4v) is 3.95. The highest BCUT2D eigenvalue weighted by Gasteiger charge is 2.42. The zero-order valence-electron chi connectivity index (χ0n) is 16.9.